The standard InChI is InChI=1S/C21H24N2O3/c24-19-9-8-17(13-20(19)25)21(26)23-12-1-3-18(23)16-6-4-15(5-7-16)14-22-10-2-11-22/h4-9,13,18,24-25H,1-3,10-12,14H2. The number of nitrogens with zero attached hydrogens (tertiary/aromatic N) is 2. The second kappa shape index (κ2) is 7.00. The zero-order valence-corrected chi connectivity index (χ0v) is 14.8. The molecule has 1 unspecified atom stereocenters. The van der Waals surface area contributed by atoms with Crippen molar-refractivity contribution in [2.24, 2.45) is 0 Å². The minimum Gasteiger partial charge on any atom is -0.504 e. The van der Waals surface area contributed by atoms with Gasteiger partial charge in [0.15, 0.2) is 11.5 Å². The van der Waals surface area contributed by atoms with Gasteiger partial charge in [0.1, 0.15) is 0 Å². The summed E-state index contributed by atoms with van der Waals surface area (Å²) >= 11 is 0. The molecule has 2 saturated heterocycles. The molecule has 2 heterocycles. The Kier molecular flexibility index (Phi) is 4.55. The summed E-state index contributed by atoms with van der Waals surface area (Å²) in [5, 5.41) is 19.1. The third-order valence-corrected chi connectivity index (χ3v) is 5.46. The van der Waals surface area contributed by atoms with E-state index in [1.165, 1.54) is 37.2 Å². The van der Waals surface area contributed by atoms with Gasteiger partial charge in [-0.15, -0.1) is 0 Å². The average molecular weight is 352 g/mol. The lowest BCUT2D eigenvalue weighted by atomic mass is 10.0. The van der Waals surface area contributed by atoms with Crippen LogP contribution >= 0.6 is 0 Å². The Bertz CT molecular complexity index is 799. The van der Waals surface area contributed by atoms with Crippen molar-refractivity contribution in [1.29, 1.82) is 0 Å². The van der Waals surface area contributed by atoms with Crippen LogP contribution in [0, 0.1) is 0 Å². The minimum atomic E-state index is -0.262. The highest BCUT2D eigenvalue weighted by atomic mass is 16.3. The highest BCUT2D eigenvalue weighted by Gasteiger charge is 2.31. The van der Waals surface area contributed by atoms with E-state index < -0.39 is 0 Å². The molecule has 2 fully saturated rings. The van der Waals surface area contributed by atoms with Gasteiger partial charge >= 0.3 is 0 Å². The largest absolute Gasteiger partial charge is 0.504 e. The second-order valence-corrected chi connectivity index (χ2v) is 7.23. The summed E-state index contributed by atoms with van der Waals surface area (Å²) in [7, 11) is 0. The molecule has 5 nitrogen and oxygen atoms in total. The summed E-state index contributed by atoms with van der Waals surface area (Å²) in [5.74, 6) is -0.577. The molecule has 4 rings (SSSR count). The van der Waals surface area contributed by atoms with Gasteiger partial charge in [0, 0.05) is 18.7 Å². The van der Waals surface area contributed by atoms with E-state index in [0.717, 1.165) is 24.9 Å². The maximum atomic E-state index is 12.9. The predicted molar refractivity (Wildman–Crippen MR) is 99.1 cm³/mol. The van der Waals surface area contributed by atoms with Crippen LogP contribution in [0.3, 0.4) is 0 Å². The fourth-order valence-corrected chi connectivity index (χ4v) is 3.82. The predicted octanol–water partition coefficient (Wildman–Crippen LogP) is 3.28. The number of likely N-dealkylation sites (tertiary alicyclic amines) is 2. The van der Waals surface area contributed by atoms with E-state index in [1.54, 1.807) is 6.07 Å². The Labute approximate surface area is 153 Å². The number of phenols is 2. The van der Waals surface area contributed by atoms with Crippen LogP contribution < -0.4 is 0 Å². The summed E-state index contributed by atoms with van der Waals surface area (Å²) < 4.78 is 0. The molecule has 5 heteroatoms. The number of amides is 1. The molecular formula is C21H24N2O3. The van der Waals surface area contributed by atoms with Gasteiger partial charge < -0.3 is 15.1 Å². The van der Waals surface area contributed by atoms with Crippen LogP contribution in [0.5, 0.6) is 11.5 Å². The summed E-state index contributed by atoms with van der Waals surface area (Å²) in [6, 6.07) is 12.9. The van der Waals surface area contributed by atoms with Crippen LogP contribution in [-0.4, -0.2) is 45.6 Å². The van der Waals surface area contributed by atoms with Crippen LogP contribution in [0.15, 0.2) is 42.5 Å². The van der Waals surface area contributed by atoms with Gasteiger partial charge in [-0.3, -0.25) is 9.69 Å². The second-order valence-electron chi connectivity index (χ2n) is 7.23. The van der Waals surface area contributed by atoms with Crippen molar-refractivity contribution in [2.75, 3.05) is 19.6 Å². The molecule has 0 bridgehead atoms. The Morgan fingerprint density at radius 3 is 2.38 bits per heavy atom. The Morgan fingerprint density at radius 1 is 0.962 bits per heavy atom. The topological polar surface area (TPSA) is 64.0 Å². The average Bonchev–Trinajstić information content (AvgIpc) is 3.10. The zero-order chi connectivity index (χ0) is 18.1. The lowest BCUT2D eigenvalue weighted by Gasteiger charge is -2.31. The first-order valence-electron chi connectivity index (χ1n) is 9.26. The van der Waals surface area contributed by atoms with Gasteiger partial charge in [0.2, 0.25) is 0 Å². The quantitative estimate of drug-likeness (QED) is 0.829. The van der Waals surface area contributed by atoms with Gasteiger partial charge in [0.25, 0.3) is 5.91 Å². The minimum absolute atomic E-state index is 0.0662. The van der Waals surface area contributed by atoms with Crippen molar-refractivity contribution in [3.05, 3.63) is 59.2 Å². The molecule has 1 amide bonds. The highest BCUT2D eigenvalue weighted by Crippen LogP contribution is 2.34. The molecule has 2 aliphatic rings. The van der Waals surface area contributed by atoms with Gasteiger partial charge in [-0.05, 0) is 61.7 Å². The van der Waals surface area contributed by atoms with Crippen molar-refractivity contribution in [2.45, 2.75) is 31.8 Å². The van der Waals surface area contributed by atoms with E-state index in [2.05, 4.69) is 29.2 Å². The molecule has 2 aromatic rings. The number of hydrogen-bond acceptors (Lipinski definition) is 4. The summed E-state index contributed by atoms with van der Waals surface area (Å²) in [5.41, 5.74) is 2.88. The first-order valence-corrected chi connectivity index (χ1v) is 9.26. The van der Waals surface area contributed by atoms with Crippen LogP contribution in [0.2, 0.25) is 0 Å². The number of rotatable bonds is 4. The van der Waals surface area contributed by atoms with Crippen molar-refractivity contribution < 1.29 is 15.0 Å². The van der Waals surface area contributed by atoms with Crippen molar-refractivity contribution in [3.63, 3.8) is 0 Å². The van der Waals surface area contributed by atoms with Gasteiger partial charge in [-0.25, -0.2) is 0 Å². The Balaban J connectivity index is 1.50. The van der Waals surface area contributed by atoms with Crippen LogP contribution in [0.4, 0.5) is 0 Å². The van der Waals surface area contributed by atoms with Crippen LogP contribution in [0.1, 0.15) is 46.8 Å². The molecule has 2 N–H and O–H groups in total. The van der Waals surface area contributed by atoms with Crippen molar-refractivity contribution >= 4 is 5.91 Å². The van der Waals surface area contributed by atoms with Crippen LogP contribution in [-0.2, 0) is 6.54 Å². The first-order chi connectivity index (χ1) is 12.6. The fraction of sp³-hybridized carbons (Fsp3) is 0.381. The fourth-order valence-electron chi connectivity index (χ4n) is 3.82. The molecule has 0 radical (unpaired) electrons. The summed E-state index contributed by atoms with van der Waals surface area (Å²) in [6.07, 6.45) is 3.21. The van der Waals surface area contributed by atoms with E-state index in [0.29, 0.717) is 12.1 Å². The van der Waals surface area contributed by atoms with E-state index in [4.69, 9.17) is 0 Å². The number of phenolic OH excluding ortho intramolecular Hbond substituents is 2. The van der Waals surface area contributed by atoms with Gasteiger partial charge in [-0.1, -0.05) is 24.3 Å². The molecule has 0 spiro atoms. The first kappa shape index (κ1) is 16.9. The Morgan fingerprint density at radius 2 is 1.73 bits per heavy atom. The van der Waals surface area contributed by atoms with E-state index in [-0.39, 0.29) is 23.4 Å². The smallest absolute Gasteiger partial charge is 0.254 e. The third kappa shape index (κ3) is 3.27. The monoisotopic (exact) mass is 352 g/mol. The molecule has 2 aromatic carbocycles. The Hall–Kier alpha value is -2.53. The molecule has 2 aliphatic heterocycles. The maximum absolute atomic E-state index is 12.9. The summed E-state index contributed by atoms with van der Waals surface area (Å²) in [4.78, 5) is 17.2. The molecule has 0 aromatic heterocycles. The molecular weight excluding hydrogens is 328 g/mol. The molecule has 136 valence electrons. The van der Waals surface area contributed by atoms with Gasteiger partial charge in [0.05, 0.1) is 6.04 Å². The maximum Gasteiger partial charge on any atom is 0.254 e. The highest BCUT2D eigenvalue weighted by molar-refractivity contribution is 5.95. The molecule has 0 aliphatic carbocycles. The SMILES string of the molecule is O=C(c1ccc(O)c(O)c1)N1CCCC1c1ccc(CN2CCC2)cc1. The zero-order valence-electron chi connectivity index (χ0n) is 14.8. The lowest BCUT2D eigenvalue weighted by Crippen LogP contribution is -2.36. The van der Waals surface area contributed by atoms with Crippen molar-refractivity contribution in [1.82, 2.24) is 9.80 Å². The number of carbonyl (C=O) groups excluding carboxylic acids is 1. The van der Waals surface area contributed by atoms with E-state index >= 15 is 0 Å². The van der Waals surface area contributed by atoms with Crippen molar-refractivity contribution in [3.8, 4) is 11.5 Å². The number of hydrogen-bond donors (Lipinski definition) is 2. The molecule has 1 atom stereocenters. The van der Waals surface area contributed by atoms with Crippen LogP contribution in [0.25, 0.3) is 0 Å². The number of aromatic hydroxyl groups is 2. The number of benzene rings is 2. The van der Waals surface area contributed by atoms with Gasteiger partial charge in [-0.2, -0.15) is 0 Å². The summed E-state index contributed by atoms with van der Waals surface area (Å²) in [6.45, 7) is 4.08. The lowest BCUT2D eigenvalue weighted by molar-refractivity contribution is 0.0735. The third-order valence-electron chi connectivity index (χ3n) is 5.46. The van der Waals surface area contributed by atoms with E-state index in [1.807, 2.05) is 4.90 Å². The molecule has 26 heavy (non-hydrogen) atoms. The number of carbonyl (C=O) groups is 1. The normalized spacial score (nSPS) is 20.2. The molecule has 0 saturated carbocycles. The van der Waals surface area contributed by atoms with E-state index in [9.17, 15) is 15.0 Å².